The summed E-state index contributed by atoms with van der Waals surface area (Å²) < 4.78 is 3.56. The number of rotatable bonds is 2. The number of benzene rings is 6. The molecule has 0 saturated heterocycles. The maximum absolute atomic E-state index is 3.93. The fraction of sp³-hybridized carbons (Fsp3) is 0. The highest BCUT2D eigenvalue weighted by molar-refractivity contribution is 9.10. The summed E-state index contributed by atoms with van der Waals surface area (Å²) in [6, 6.07) is 44.1. The summed E-state index contributed by atoms with van der Waals surface area (Å²) in [4.78, 5) is 0. The molecule has 7 aromatic rings. The molecule has 0 fully saturated rings. The average molecular weight is 522 g/mol. The van der Waals surface area contributed by atoms with E-state index < -0.39 is 0 Å². The van der Waals surface area contributed by atoms with Crippen LogP contribution in [0.3, 0.4) is 0 Å². The van der Waals surface area contributed by atoms with Crippen LogP contribution in [0.4, 0.5) is 0 Å². The van der Waals surface area contributed by atoms with Gasteiger partial charge in [0.1, 0.15) is 0 Å². The van der Waals surface area contributed by atoms with E-state index in [-0.39, 0.29) is 0 Å². The van der Waals surface area contributed by atoms with E-state index in [2.05, 4.69) is 142 Å². The van der Waals surface area contributed by atoms with Crippen molar-refractivity contribution >= 4 is 48.5 Å². The minimum absolute atomic E-state index is 1.13. The Bertz CT molecular complexity index is 1980. The average Bonchev–Trinajstić information content (AvgIpc) is 3.20. The van der Waals surface area contributed by atoms with Crippen LogP contribution < -0.4 is 0 Å². The van der Waals surface area contributed by atoms with Gasteiger partial charge in [0.2, 0.25) is 0 Å². The molecule has 0 aliphatic heterocycles. The Morgan fingerprint density at radius 2 is 1.11 bits per heavy atom. The van der Waals surface area contributed by atoms with Crippen LogP contribution >= 0.6 is 15.9 Å². The van der Waals surface area contributed by atoms with Gasteiger partial charge in [-0.15, -0.1) is 0 Å². The number of aromatic nitrogens is 1. The molecule has 0 atom stereocenters. The molecule has 1 aliphatic rings. The third kappa shape index (κ3) is 2.65. The number of nitrogens with zero attached hydrogens (tertiary/aromatic N) is 1. The van der Waals surface area contributed by atoms with Crippen molar-refractivity contribution in [3.63, 3.8) is 0 Å². The first-order chi connectivity index (χ1) is 17.8. The molecule has 1 aromatic heterocycles. The van der Waals surface area contributed by atoms with E-state index >= 15 is 0 Å². The van der Waals surface area contributed by atoms with E-state index in [1.165, 1.54) is 71.6 Å². The van der Waals surface area contributed by atoms with Crippen LogP contribution in [0.1, 0.15) is 0 Å². The van der Waals surface area contributed by atoms with Crippen molar-refractivity contribution in [2.45, 2.75) is 0 Å². The van der Waals surface area contributed by atoms with Crippen LogP contribution in [-0.2, 0) is 0 Å². The van der Waals surface area contributed by atoms with Crippen molar-refractivity contribution in [3.8, 4) is 39.1 Å². The smallest absolute Gasteiger partial charge is 0.0548 e. The molecular weight excluding hydrogens is 502 g/mol. The van der Waals surface area contributed by atoms with Crippen molar-refractivity contribution < 1.29 is 0 Å². The summed E-state index contributed by atoms with van der Waals surface area (Å²) in [5.74, 6) is 0. The summed E-state index contributed by atoms with van der Waals surface area (Å²) in [6.45, 7) is 0. The Balaban J connectivity index is 1.52. The van der Waals surface area contributed by atoms with Gasteiger partial charge in [0, 0.05) is 26.5 Å². The first-order valence-corrected chi connectivity index (χ1v) is 13.0. The first-order valence-electron chi connectivity index (χ1n) is 12.2. The van der Waals surface area contributed by atoms with Crippen molar-refractivity contribution in [2.24, 2.45) is 0 Å². The summed E-state index contributed by atoms with van der Waals surface area (Å²) >= 11 is 3.93. The van der Waals surface area contributed by atoms with Crippen LogP contribution in [0.15, 0.2) is 126 Å². The Morgan fingerprint density at radius 1 is 0.444 bits per heavy atom. The van der Waals surface area contributed by atoms with E-state index in [9.17, 15) is 0 Å². The topological polar surface area (TPSA) is 4.93 Å². The second-order valence-electron chi connectivity index (χ2n) is 9.47. The van der Waals surface area contributed by atoms with Crippen LogP contribution in [0.5, 0.6) is 0 Å². The van der Waals surface area contributed by atoms with Gasteiger partial charge in [0.05, 0.1) is 11.0 Å². The number of halogens is 1. The molecule has 0 N–H and O–H groups in total. The lowest BCUT2D eigenvalue weighted by Crippen LogP contribution is -1.95. The quantitative estimate of drug-likeness (QED) is 0.213. The largest absolute Gasteiger partial charge is 0.309 e. The highest BCUT2D eigenvalue weighted by atomic mass is 79.9. The number of hydrogen-bond acceptors (Lipinski definition) is 0. The fourth-order valence-corrected chi connectivity index (χ4v) is 6.62. The summed E-state index contributed by atoms with van der Waals surface area (Å²) in [6.07, 6.45) is 0. The van der Waals surface area contributed by atoms with Gasteiger partial charge in [-0.25, -0.2) is 0 Å². The van der Waals surface area contributed by atoms with Gasteiger partial charge in [-0.3, -0.25) is 0 Å². The molecule has 1 aliphatic carbocycles. The van der Waals surface area contributed by atoms with Gasteiger partial charge in [0.15, 0.2) is 0 Å². The molecule has 0 spiro atoms. The maximum Gasteiger partial charge on any atom is 0.0548 e. The second-order valence-corrected chi connectivity index (χ2v) is 10.3. The van der Waals surface area contributed by atoms with Crippen LogP contribution in [-0.4, -0.2) is 4.57 Å². The van der Waals surface area contributed by atoms with E-state index in [0.717, 1.165) is 4.47 Å². The lowest BCUT2D eigenvalue weighted by molar-refractivity contribution is 1.18. The summed E-state index contributed by atoms with van der Waals surface area (Å²) in [7, 11) is 0. The molecule has 1 heterocycles. The van der Waals surface area contributed by atoms with Gasteiger partial charge in [-0.2, -0.15) is 0 Å². The lowest BCUT2D eigenvalue weighted by Gasteiger charge is -2.15. The molecule has 6 aromatic carbocycles. The molecule has 36 heavy (non-hydrogen) atoms. The van der Waals surface area contributed by atoms with Crippen LogP contribution in [0.2, 0.25) is 0 Å². The zero-order chi connectivity index (χ0) is 23.8. The molecule has 0 amide bonds. The van der Waals surface area contributed by atoms with Crippen molar-refractivity contribution in [3.05, 3.63) is 126 Å². The van der Waals surface area contributed by atoms with Gasteiger partial charge < -0.3 is 4.57 Å². The number of fused-ring (bicyclic) bond motifs is 3. The molecule has 0 saturated carbocycles. The van der Waals surface area contributed by atoms with Crippen molar-refractivity contribution in [1.29, 1.82) is 0 Å². The van der Waals surface area contributed by atoms with E-state index in [0.29, 0.717) is 0 Å². The van der Waals surface area contributed by atoms with Crippen LogP contribution in [0.25, 0.3) is 71.6 Å². The van der Waals surface area contributed by atoms with Crippen molar-refractivity contribution in [2.75, 3.05) is 0 Å². The standard InChI is InChI=1S/C34H20BrN/c35-28-18-20-30-34-32(28)27-11-5-4-10-25(27)26-12-6-9-23-15-19-29(33(34)31(23)26)36(30)24-16-13-22(14-17-24)21-7-2-1-3-8-21/h1-20H. The summed E-state index contributed by atoms with van der Waals surface area (Å²) in [5, 5.41) is 5.26. The maximum atomic E-state index is 3.93. The van der Waals surface area contributed by atoms with Crippen LogP contribution in [0, 0.1) is 0 Å². The predicted molar refractivity (Wildman–Crippen MR) is 156 cm³/mol. The highest BCUT2D eigenvalue weighted by Crippen LogP contribution is 2.51. The SMILES string of the molecule is Brc1ccc2c3c1-c1ccccc1-c1cccc4ccc(c3c14)n2-c1ccc(-c2ccccc2)cc1. The van der Waals surface area contributed by atoms with Gasteiger partial charge in [-0.05, 0) is 68.9 Å². The third-order valence-corrected chi connectivity index (χ3v) is 8.27. The molecule has 168 valence electrons. The Hall–Kier alpha value is -4.14. The van der Waals surface area contributed by atoms with E-state index in [1.807, 2.05) is 0 Å². The Labute approximate surface area is 217 Å². The normalized spacial score (nSPS) is 12.0. The van der Waals surface area contributed by atoms with E-state index in [4.69, 9.17) is 0 Å². The Kier molecular flexibility index (Phi) is 4.15. The molecule has 0 unspecified atom stereocenters. The molecule has 1 nitrogen and oxygen atoms in total. The molecule has 2 heteroatoms. The van der Waals surface area contributed by atoms with Crippen molar-refractivity contribution in [1.82, 2.24) is 4.57 Å². The zero-order valence-electron chi connectivity index (χ0n) is 19.4. The molecule has 0 bridgehead atoms. The van der Waals surface area contributed by atoms with Gasteiger partial charge in [0.25, 0.3) is 0 Å². The Morgan fingerprint density at radius 3 is 1.94 bits per heavy atom. The molecule has 0 radical (unpaired) electrons. The first kappa shape index (κ1) is 20.1. The predicted octanol–water partition coefficient (Wildman–Crippen LogP) is 10.0. The minimum Gasteiger partial charge on any atom is -0.309 e. The second kappa shape index (κ2) is 7.43. The molecular formula is C34H20BrN. The monoisotopic (exact) mass is 521 g/mol. The third-order valence-electron chi connectivity index (χ3n) is 7.61. The summed E-state index contributed by atoms with van der Waals surface area (Å²) in [5.41, 5.74) is 11.3. The van der Waals surface area contributed by atoms with Gasteiger partial charge in [-0.1, -0.05) is 107 Å². The zero-order valence-corrected chi connectivity index (χ0v) is 21.0. The highest BCUT2D eigenvalue weighted by Gasteiger charge is 2.25. The van der Waals surface area contributed by atoms with Gasteiger partial charge >= 0.3 is 0 Å². The lowest BCUT2D eigenvalue weighted by atomic mass is 9.93. The fourth-order valence-electron chi connectivity index (χ4n) is 6.08. The van der Waals surface area contributed by atoms with E-state index in [1.54, 1.807) is 0 Å². The molecule has 8 rings (SSSR count). The number of hydrogen-bond donors (Lipinski definition) is 0. The minimum atomic E-state index is 1.13.